The summed E-state index contributed by atoms with van der Waals surface area (Å²) in [6.07, 6.45) is 1.44. The lowest BCUT2D eigenvalue weighted by atomic mass is 10.0. The monoisotopic (exact) mass is 387 g/mol. The van der Waals surface area contributed by atoms with Gasteiger partial charge in [-0.1, -0.05) is 29.8 Å². The van der Waals surface area contributed by atoms with Crippen LogP contribution in [0.25, 0.3) is 21.3 Å². The number of aryl methyl sites for hydroxylation is 2. The summed E-state index contributed by atoms with van der Waals surface area (Å²) in [5.41, 5.74) is 3.33. The molecule has 0 saturated carbocycles. The van der Waals surface area contributed by atoms with Crippen molar-refractivity contribution < 1.29 is 9.90 Å². The van der Waals surface area contributed by atoms with Gasteiger partial charge in [-0.25, -0.2) is 9.78 Å². The second-order valence-corrected chi connectivity index (χ2v) is 8.13. The highest BCUT2D eigenvalue weighted by Gasteiger charge is 2.34. The van der Waals surface area contributed by atoms with Crippen molar-refractivity contribution in [3.05, 3.63) is 40.0 Å². The largest absolute Gasteiger partial charge is 0.480 e. The smallest absolute Gasteiger partial charge is 0.326 e. The topological polar surface area (TPSA) is 66.3 Å². The number of halogens is 1. The molecule has 1 atom stereocenters. The third-order valence-electron chi connectivity index (χ3n) is 4.83. The van der Waals surface area contributed by atoms with Crippen LogP contribution in [-0.2, 0) is 4.79 Å². The molecular formula is C19H18ClN3O2S. The maximum Gasteiger partial charge on any atom is 0.326 e. The molecule has 4 rings (SSSR count). The van der Waals surface area contributed by atoms with Crippen LogP contribution < -0.4 is 4.90 Å². The van der Waals surface area contributed by atoms with Gasteiger partial charge in [-0.3, -0.25) is 0 Å². The molecule has 1 aliphatic heterocycles. The first kappa shape index (κ1) is 17.2. The molecule has 1 N–H and O–H groups in total. The number of anilines is 1. The summed E-state index contributed by atoms with van der Waals surface area (Å²) in [5, 5.41) is 10.6. The van der Waals surface area contributed by atoms with Crippen LogP contribution in [0.15, 0.2) is 24.3 Å². The molecule has 134 valence electrons. The third kappa shape index (κ3) is 2.83. The number of thiophene rings is 1. The van der Waals surface area contributed by atoms with Crippen molar-refractivity contribution in [2.75, 3.05) is 11.4 Å². The van der Waals surface area contributed by atoms with E-state index in [2.05, 4.69) is 48.1 Å². The van der Waals surface area contributed by atoms with Gasteiger partial charge in [0.15, 0.2) is 0 Å². The van der Waals surface area contributed by atoms with Crippen LogP contribution in [0.4, 0.5) is 5.82 Å². The van der Waals surface area contributed by atoms with Crippen LogP contribution >= 0.6 is 22.9 Å². The van der Waals surface area contributed by atoms with Gasteiger partial charge in [0.2, 0.25) is 5.28 Å². The minimum atomic E-state index is -0.825. The predicted molar refractivity (Wildman–Crippen MR) is 105 cm³/mol. The number of nitrogens with zero attached hydrogens (tertiary/aromatic N) is 3. The molecule has 1 unspecified atom stereocenters. The van der Waals surface area contributed by atoms with Crippen molar-refractivity contribution in [1.82, 2.24) is 9.97 Å². The van der Waals surface area contributed by atoms with Crippen molar-refractivity contribution in [2.24, 2.45) is 0 Å². The first-order valence-corrected chi connectivity index (χ1v) is 9.68. The standard InChI is InChI=1S/C19H18ClN3O2S/c1-10-5-7-12(8-6-10)14-11(2)26-17-15(14)16(21-19(20)22-17)23-9-3-4-13(23)18(24)25/h5-8,13H,3-4,9H2,1-2H3,(H,24,25). The minimum Gasteiger partial charge on any atom is -0.480 e. The molecule has 7 heteroatoms. The fraction of sp³-hybridized carbons (Fsp3) is 0.316. The summed E-state index contributed by atoms with van der Waals surface area (Å²) in [6, 6.07) is 7.74. The number of benzene rings is 1. The van der Waals surface area contributed by atoms with E-state index in [0.717, 1.165) is 32.6 Å². The van der Waals surface area contributed by atoms with Crippen LogP contribution in [0.1, 0.15) is 23.3 Å². The number of hydrogen-bond acceptors (Lipinski definition) is 5. The number of hydrogen-bond donors (Lipinski definition) is 1. The Kier molecular flexibility index (Phi) is 4.32. The summed E-state index contributed by atoms with van der Waals surface area (Å²) < 4.78 is 0. The van der Waals surface area contributed by atoms with E-state index >= 15 is 0 Å². The quantitative estimate of drug-likeness (QED) is 0.661. The molecule has 5 nitrogen and oxygen atoms in total. The average Bonchev–Trinajstić information content (AvgIpc) is 3.19. The van der Waals surface area contributed by atoms with Crippen molar-refractivity contribution >= 4 is 44.9 Å². The molecule has 1 aromatic carbocycles. The van der Waals surface area contributed by atoms with Crippen LogP contribution in [-0.4, -0.2) is 33.6 Å². The Labute approximate surface area is 160 Å². The maximum absolute atomic E-state index is 11.7. The lowest BCUT2D eigenvalue weighted by molar-refractivity contribution is -0.138. The summed E-state index contributed by atoms with van der Waals surface area (Å²) in [4.78, 5) is 24.3. The van der Waals surface area contributed by atoms with E-state index in [9.17, 15) is 9.90 Å². The summed E-state index contributed by atoms with van der Waals surface area (Å²) >= 11 is 7.73. The van der Waals surface area contributed by atoms with Crippen LogP contribution in [0, 0.1) is 13.8 Å². The highest BCUT2D eigenvalue weighted by Crippen LogP contribution is 2.43. The molecule has 1 saturated heterocycles. The predicted octanol–water partition coefficient (Wildman–Crippen LogP) is 4.68. The first-order chi connectivity index (χ1) is 12.5. The zero-order chi connectivity index (χ0) is 18.4. The van der Waals surface area contributed by atoms with Crippen molar-refractivity contribution in [3.63, 3.8) is 0 Å². The lowest BCUT2D eigenvalue weighted by Crippen LogP contribution is -2.36. The second kappa shape index (κ2) is 6.52. The Morgan fingerprint density at radius 3 is 2.69 bits per heavy atom. The highest BCUT2D eigenvalue weighted by atomic mass is 35.5. The van der Waals surface area contributed by atoms with Crippen molar-refractivity contribution in [2.45, 2.75) is 32.7 Å². The number of carboxylic acid groups (broad SMARTS) is 1. The SMILES string of the molecule is Cc1ccc(-c2c(C)sc3nc(Cl)nc(N4CCCC4C(=O)O)c23)cc1. The molecule has 0 bridgehead atoms. The van der Waals surface area contributed by atoms with Crippen LogP contribution in [0.5, 0.6) is 0 Å². The third-order valence-corrected chi connectivity index (χ3v) is 6.00. The minimum absolute atomic E-state index is 0.153. The molecule has 0 spiro atoms. The van der Waals surface area contributed by atoms with Crippen LogP contribution in [0.3, 0.4) is 0 Å². The Balaban J connectivity index is 1.98. The van der Waals surface area contributed by atoms with Gasteiger partial charge in [0.1, 0.15) is 16.7 Å². The molecule has 0 aliphatic carbocycles. The van der Waals surface area contributed by atoms with Gasteiger partial charge in [-0.05, 0) is 43.9 Å². The first-order valence-electron chi connectivity index (χ1n) is 8.49. The van der Waals surface area contributed by atoms with E-state index in [-0.39, 0.29) is 5.28 Å². The molecule has 0 amide bonds. The molecule has 0 radical (unpaired) electrons. The van der Waals surface area contributed by atoms with Gasteiger partial charge in [-0.2, -0.15) is 4.98 Å². The lowest BCUT2D eigenvalue weighted by Gasteiger charge is -2.23. The highest BCUT2D eigenvalue weighted by molar-refractivity contribution is 7.19. The van der Waals surface area contributed by atoms with E-state index in [4.69, 9.17) is 11.6 Å². The zero-order valence-corrected chi connectivity index (χ0v) is 16.1. The zero-order valence-electron chi connectivity index (χ0n) is 14.5. The molecule has 3 aromatic rings. The molecule has 1 aliphatic rings. The fourth-order valence-electron chi connectivity index (χ4n) is 3.62. The van der Waals surface area contributed by atoms with Crippen LogP contribution in [0.2, 0.25) is 5.28 Å². The Morgan fingerprint density at radius 1 is 1.27 bits per heavy atom. The van der Waals surface area contributed by atoms with E-state index in [1.165, 1.54) is 5.56 Å². The molecule has 26 heavy (non-hydrogen) atoms. The number of carboxylic acids is 1. The number of carbonyl (C=O) groups is 1. The van der Waals surface area contributed by atoms with E-state index in [1.54, 1.807) is 11.3 Å². The number of aromatic nitrogens is 2. The van der Waals surface area contributed by atoms with Gasteiger partial charge in [-0.15, -0.1) is 11.3 Å². The van der Waals surface area contributed by atoms with Gasteiger partial charge >= 0.3 is 5.97 Å². The maximum atomic E-state index is 11.7. The van der Waals surface area contributed by atoms with Gasteiger partial charge in [0.05, 0.1) is 5.39 Å². The van der Waals surface area contributed by atoms with Crippen molar-refractivity contribution in [1.29, 1.82) is 0 Å². The molecule has 1 fully saturated rings. The van der Waals surface area contributed by atoms with Crippen molar-refractivity contribution in [3.8, 4) is 11.1 Å². The summed E-state index contributed by atoms with van der Waals surface area (Å²) in [5.74, 6) is -0.195. The number of rotatable bonds is 3. The van der Waals surface area contributed by atoms with E-state index < -0.39 is 12.0 Å². The Hall–Kier alpha value is -2.18. The van der Waals surface area contributed by atoms with Gasteiger partial charge in [0, 0.05) is 17.0 Å². The van der Waals surface area contributed by atoms with E-state index in [0.29, 0.717) is 18.8 Å². The van der Waals surface area contributed by atoms with Gasteiger partial charge < -0.3 is 10.0 Å². The Bertz CT molecular complexity index is 1000. The Morgan fingerprint density at radius 2 is 2.00 bits per heavy atom. The normalized spacial score (nSPS) is 17.2. The molecule has 3 heterocycles. The second-order valence-electron chi connectivity index (χ2n) is 6.59. The molecule has 2 aromatic heterocycles. The molecular weight excluding hydrogens is 370 g/mol. The summed E-state index contributed by atoms with van der Waals surface area (Å²) in [6.45, 7) is 4.76. The number of fused-ring (bicyclic) bond motifs is 1. The van der Waals surface area contributed by atoms with E-state index in [1.807, 2.05) is 4.90 Å². The number of aliphatic carboxylic acids is 1. The van der Waals surface area contributed by atoms with Gasteiger partial charge in [0.25, 0.3) is 0 Å². The average molecular weight is 388 g/mol. The summed E-state index contributed by atoms with van der Waals surface area (Å²) in [7, 11) is 0. The fourth-order valence-corrected chi connectivity index (χ4v) is 4.88.